The fourth-order valence-corrected chi connectivity index (χ4v) is 1.39. The van der Waals surface area contributed by atoms with Crippen LogP contribution in [0.1, 0.15) is 33.1 Å². The van der Waals surface area contributed by atoms with Crippen LogP contribution >= 0.6 is 0 Å². The van der Waals surface area contributed by atoms with Gasteiger partial charge in [0.05, 0.1) is 31.3 Å². The topological polar surface area (TPSA) is 54.3 Å². The molecule has 0 atom stereocenters. The molecule has 0 aromatic heterocycles. The summed E-state index contributed by atoms with van der Waals surface area (Å²) in [5.74, 6) is 0. The molecule has 0 fully saturated rings. The molecule has 0 aromatic rings. The third-order valence-corrected chi connectivity index (χ3v) is 2.56. The van der Waals surface area contributed by atoms with Gasteiger partial charge < -0.3 is 14.8 Å². The normalized spacial score (nSPS) is 11.4. The van der Waals surface area contributed by atoms with Crippen LogP contribution in [0.5, 0.6) is 0 Å². The maximum Gasteiger partial charge on any atom is 0.0700 e. The zero-order valence-corrected chi connectivity index (χ0v) is 11.4. The van der Waals surface area contributed by atoms with Gasteiger partial charge >= 0.3 is 0 Å². The summed E-state index contributed by atoms with van der Waals surface area (Å²) >= 11 is 0. The van der Waals surface area contributed by atoms with Crippen LogP contribution in [0.15, 0.2) is 0 Å². The van der Waals surface area contributed by atoms with Crippen molar-refractivity contribution in [2.75, 3.05) is 40.0 Å². The van der Waals surface area contributed by atoms with E-state index in [0.29, 0.717) is 13.2 Å². The van der Waals surface area contributed by atoms with Crippen molar-refractivity contribution in [1.29, 1.82) is 5.26 Å². The molecular formula is C13H26N2O2. The zero-order valence-electron chi connectivity index (χ0n) is 11.4. The van der Waals surface area contributed by atoms with Crippen LogP contribution in [0.3, 0.4) is 0 Å². The van der Waals surface area contributed by atoms with E-state index in [2.05, 4.69) is 11.4 Å². The number of nitriles is 1. The molecule has 0 saturated heterocycles. The molecule has 0 saturated carbocycles. The summed E-state index contributed by atoms with van der Waals surface area (Å²) in [6.45, 7) is 7.90. The number of hydrogen-bond donors (Lipinski definition) is 1. The lowest BCUT2D eigenvalue weighted by molar-refractivity contribution is 0.0720. The lowest BCUT2D eigenvalue weighted by Crippen LogP contribution is -2.22. The molecule has 0 unspecified atom stereocenters. The van der Waals surface area contributed by atoms with Gasteiger partial charge in [-0.2, -0.15) is 5.26 Å². The number of nitrogens with zero attached hydrogens (tertiary/aromatic N) is 1. The Morgan fingerprint density at radius 2 is 1.88 bits per heavy atom. The molecule has 0 rings (SSSR count). The highest BCUT2D eigenvalue weighted by Gasteiger charge is 2.14. The molecule has 4 heteroatoms. The molecule has 0 aliphatic carbocycles. The first-order valence-electron chi connectivity index (χ1n) is 6.31. The molecule has 4 nitrogen and oxygen atoms in total. The molecule has 0 aromatic carbocycles. The maximum absolute atomic E-state index is 8.85. The Balaban J connectivity index is 3.12. The largest absolute Gasteiger partial charge is 0.382 e. The summed E-state index contributed by atoms with van der Waals surface area (Å²) in [7, 11) is 1.67. The SMILES string of the molecule is COCCOCCNCCCCC(C)(C)C#N. The summed E-state index contributed by atoms with van der Waals surface area (Å²) < 4.78 is 10.2. The second kappa shape index (κ2) is 10.5. The standard InChI is InChI=1S/C13H26N2O2/c1-13(2,12-14)6-4-5-7-15-8-9-17-11-10-16-3/h15H,4-11H2,1-3H3. The summed E-state index contributed by atoms with van der Waals surface area (Å²) in [5.41, 5.74) is -0.177. The fraction of sp³-hybridized carbons (Fsp3) is 0.923. The maximum atomic E-state index is 8.85. The minimum atomic E-state index is -0.177. The lowest BCUT2D eigenvalue weighted by Gasteiger charge is -2.14. The number of methoxy groups -OCH3 is 1. The van der Waals surface area contributed by atoms with Gasteiger partial charge in [0.15, 0.2) is 0 Å². The summed E-state index contributed by atoms with van der Waals surface area (Å²) in [5, 5.41) is 12.2. The second-order valence-electron chi connectivity index (χ2n) is 4.81. The first kappa shape index (κ1) is 16.4. The summed E-state index contributed by atoms with van der Waals surface area (Å²) in [6.07, 6.45) is 3.18. The van der Waals surface area contributed by atoms with Gasteiger partial charge in [0.25, 0.3) is 0 Å². The molecule has 0 bridgehead atoms. The van der Waals surface area contributed by atoms with Gasteiger partial charge in [-0.3, -0.25) is 0 Å². The molecule has 100 valence electrons. The molecule has 1 N–H and O–H groups in total. The van der Waals surface area contributed by atoms with E-state index in [1.807, 2.05) is 13.8 Å². The van der Waals surface area contributed by atoms with Gasteiger partial charge in [-0.1, -0.05) is 6.42 Å². The highest BCUT2D eigenvalue weighted by atomic mass is 16.5. The van der Waals surface area contributed by atoms with Crippen molar-refractivity contribution in [3.8, 4) is 6.07 Å². The molecule has 0 amide bonds. The van der Waals surface area contributed by atoms with Crippen molar-refractivity contribution in [1.82, 2.24) is 5.32 Å². The number of nitrogens with one attached hydrogen (secondary N) is 1. The predicted octanol–water partition coefficient (Wildman–Crippen LogP) is 1.96. The fourth-order valence-electron chi connectivity index (χ4n) is 1.39. The molecular weight excluding hydrogens is 216 g/mol. The quantitative estimate of drug-likeness (QED) is 0.563. The lowest BCUT2D eigenvalue weighted by atomic mass is 9.89. The van der Waals surface area contributed by atoms with Crippen LogP contribution in [-0.2, 0) is 9.47 Å². The van der Waals surface area contributed by atoms with Crippen LogP contribution in [0.4, 0.5) is 0 Å². The Labute approximate surface area is 105 Å². The van der Waals surface area contributed by atoms with Crippen molar-refractivity contribution >= 4 is 0 Å². The molecule has 17 heavy (non-hydrogen) atoms. The first-order chi connectivity index (χ1) is 8.12. The number of hydrogen-bond acceptors (Lipinski definition) is 4. The molecule has 0 heterocycles. The number of ether oxygens (including phenoxy) is 2. The Hall–Kier alpha value is -0.630. The van der Waals surface area contributed by atoms with Crippen molar-refractivity contribution < 1.29 is 9.47 Å². The minimum absolute atomic E-state index is 0.177. The Bertz CT molecular complexity index is 212. The van der Waals surface area contributed by atoms with E-state index in [4.69, 9.17) is 14.7 Å². The Morgan fingerprint density at radius 3 is 2.53 bits per heavy atom. The molecule has 0 aliphatic heterocycles. The highest BCUT2D eigenvalue weighted by Crippen LogP contribution is 2.21. The van der Waals surface area contributed by atoms with Crippen molar-refractivity contribution in [2.45, 2.75) is 33.1 Å². The summed E-state index contributed by atoms with van der Waals surface area (Å²) in [4.78, 5) is 0. The van der Waals surface area contributed by atoms with Crippen LogP contribution in [0.2, 0.25) is 0 Å². The summed E-state index contributed by atoms with van der Waals surface area (Å²) in [6, 6.07) is 2.32. The van der Waals surface area contributed by atoms with Gasteiger partial charge in [-0.05, 0) is 33.2 Å². The smallest absolute Gasteiger partial charge is 0.0700 e. The van der Waals surface area contributed by atoms with Crippen LogP contribution in [0.25, 0.3) is 0 Å². The van der Waals surface area contributed by atoms with Gasteiger partial charge in [-0.15, -0.1) is 0 Å². The van der Waals surface area contributed by atoms with Gasteiger partial charge in [-0.25, -0.2) is 0 Å². The van der Waals surface area contributed by atoms with Crippen LogP contribution in [0, 0.1) is 16.7 Å². The predicted molar refractivity (Wildman–Crippen MR) is 68.8 cm³/mol. The van der Waals surface area contributed by atoms with E-state index in [9.17, 15) is 0 Å². The van der Waals surface area contributed by atoms with E-state index >= 15 is 0 Å². The van der Waals surface area contributed by atoms with Gasteiger partial charge in [0, 0.05) is 13.7 Å². The van der Waals surface area contributed by atoms with Crippen molar-refractivity contribution in [3.63, 3.8) is 0 Å². The second-order valence-corrected chi connectivity index (χ2v) is 4.81. The van der Waals surface area contributed by atoms with E-state index in [1.165, 1.54) is 0 Å². The molecule has 0 spiro atoms. The monoisotopic (exact) mass is 242 g/mol. The highest BCUT2D eigenvalue weighted by molar-refractivity contribution is 4.91. The molecule has 0 aliphatic rings. The average Bonchev–Trinajstić information content (AvgIpc) is 2.31. The van der Waals surface area contributed by atoms with Crippen LogP contribution in [-0.4, -0.2) is 40.0 Å². The van der Waals surface area contributed by atoms with E-state index in [-0.39, 0.29) is 5.41 Å². The molecule has 0 radical (unpaired) electrons. The van der Waals surface area contributed by atoms with Gasteiger partial charge in [0.1, 0.15) is 0 Å². The van der Waals surface area contributed by atoms with E-state index in [0.717, 1.165) is 39.0 Å². The van der Waals surface area contributed by atoms with Crippen molar-refractivity contribution in [2.24, 2.45) is 5.41 Å². The number of rotatable bonds is 11. The van der Waals surface area contributed by atoms with Gasteiger partial charge in [0.2, 0.25) is 0 Å². The zero-order chi connectivity index (χ0) is 13.0. The third-order valence-electron chi connectivity index (χ3n) is 2.56. The first-order valence-corrected chi connectivity index (χ1v) is 6.31. The van der Waals surface area contributed by atoms with E-state index < -0.39 is 0 Å². The minimum Gasteiger partial charge on any atom is -0.382 e. The Morgan fingerprint density at radius 1 is 1.12 bits per heavy atom. The third kappa shape index (κ3) is 11.6. The van der Waals surface area contributed by atoms with E-state index in [1.54, 1.807) is 7.11 Å². The Kier molecular flexibility index (Phi) is 10.1. The number of unbranched alkanes of at least 4 members (excludes halogenated alkanes) is 1. The van der Waals surface area contributed by atoms with Crippen molar-refractivity contribution in [3.05, 3.63) is 0 Å². The van der Waals surface area contributed by atoms with Crippen LogP contribution < -0.4 is 5.32 Å². The average molecular weight is 242 g/mol.